The molecular weight excluding hydrogens is 284 g/mol. The molecule has 21 heavy (non-hydrogen) atoms. The zero-order valence-electron chi connectivity index (χ0n) is 12.7. The van der Waals surface area contributed by atoms with Crippen LogP contribution in [0.3, 0.4) is 0 Å². The van der Waals surface area contributed by atoms with E-state index in [0.717, 1.165) is 17.7 Å². The van der Waals surface area contributed by atoms with Gasteiger partial charge in [0, 0.05) is 0 Å². The summed E-state index contributed by atoms with van der Waals surface area (Å²) >= 11 is 6.15. The Balaban J connectivity index is 2.17. The first-order valence-corrected chi connectivity index (χ1v) is 7.52. The van der Waals surface area contributed by atoms with E-state index in [-0.39, 0.29) is 12.0 Å². The van der Waals surface area contributed by atoms with Gasteiger partial charge in [0.05, 0.1) is 11.6 Å². The van der Waals surface area contributed by atoms with E-state index < -0.39 is 0 Å². The van der Waals surface area contributed by atoms with Crippen molar-refractivity contribution in [2.45, 2.75) is 39.2 Å². The number of aliphatic hydroxyl groups is 1. The Morgan fingerprint density at radius 3 is 2.29 bits per heavy atom. The number of aliphatic hydroxyl groups excluding tert-OH is 1. The van der Waals surface area contributed by atoms with Gasteiger partial charge < -0.3 is 9.84 Å². The maximum absolute atomic E-state index is 9.07. The largest absolute Gasteiger partial charge is 0.456 e. The molecule has 2 nitrogen and oxygen atoms in total. The van der Waals surface area contributed by atoms with E-state index in [0.29, 0.717) is 10.8 Å². The van der Waals surface area contributed by atoms with Crippen LogP contribution in [0.25, 0.3) is 0 Å². The van der Waals surface area contributed by atoms with Crippen LogP contribution in [0.4, 0.5) is 0 Å². The lowest BCUT2D eigenvalue weighted by Gasteiger charge is -2.23. The van der Waals surface area contributed by atoms with E-state index in [1.54, 1.807) is 18.2 Å². The Labute approximate surface area is 131 Å². The van der Waals surface area contributed by atoms with Crippen molar-refractivity contribution in [3.05, 3.63) is 58.6 Å². The first kappa shape index (κ1) is 15.9. The summed E-state index contributed by atoms with van der Waals surface area (Å²) in [7, 11) is 0. The van der Waals surface area contributed by atoms with E-state index in [1.807, 2.05) is 12.1 Å². The monoisotopic (exact) mass is 304 g/mol. The highest BCUT2D eigenvalue weighted by atomic mass is 35.5. The van der Waals surface area contributed by atoms with Gasteiger partial charge in [-0.2, -0.15) is 0 Å². The van der Waals surface area contributed by atoms with Gasteiger partial charge in [-0.05, 0) is 47.2 Å². The van der Waals surface area contributed by atoms with Crippen molar-refractivity contribution >= 4 is 11.6 Å². The van der Waals surface area contributed by atoms with E-state index in [4.69, 9.17) is 21.4 Å². The molecule has 0 aliphatic heterocycles. The predicted octanol–water partition coefficient (Wildman–Crippen LogP) is 5.31. The Bertz CT molecular complexity index is 603. The second-order valence-electron chi connectivity index (χ2n) is 5.79. The minimum absolute atomic E-state index is 0.0270. The summed E-state index contributed by atoms with van der Waals surface area (Å²) in [6, 6.07) is 13.4. The molecule has 0 bridgehead atoms. The Morgan fingerprint density at radius 2 is 1.76 bits per heavy atom. The smallest absolute Gasteiger partial charge is 0.146 e. The number of halogens is 1. The minimum Gasteiger partial charge on any atom is -0.456 e. The molecule has 112 valence electrons. The lowest BCUT2D eigenvalue weighted by molar-refractivity contribution is 0.281. The van der Waals surface area contributed by atoms with E-state index in [1.165, 1.54) is 5.56 Å². The third-order valence-corrected chi connectivity index (χ3v) is 4.22. The predicted molar refractivity (Wildman–Crippen MR) is 87.2 cm³/mol. The van der Waals surface area contributed by atoms with E-state index in [2.05, 4.69) is 32.9 Å². The van der Waals surface area contributed by atoms with Crippen molar-refractivity contribution in [3.8, 4) is 11.5 Å². The van der Waals surface area contributed by atoms with E-state index >= 15 is 0 Å². The van der Waals surface area contributed by atoms with Crippen molar-refractivity contribution in [2.24, 2.45) is 0 Å². The molecule has 0 amide bonds. The highest BCUT2D eigenvalue weighted by molar-refractivity contribution is 6.32. The third-order valence-electron chi connectivity index (χ3n) is 3.93. The van der Waals surface area contributed by atoms with Gasteiger partial charge >= 0.3 is 0 Å². The average Bonchev–Trinajstić information content (AvgIpc) is 2.50. The van der Waals surface area contributed by atoms with Crippen molar-refractivity contribution in [1.29, 1.82) is 0 Å². The summed E-state index contributed by atoms with van der Waals surface area (Å²) in [5.41, 5.74) is 2.23. The van der Waals surface area contributed by atoms with Gasteiger partial charge in [0.2, 0.25) is 0 Å². The molecule has 2 aromatic carbocycles. The highest BCUT2D eigenvalue weighted by Gasteiger charge is 2.17. The molecule has 0 atom stereocenters. The van der Waals surface area contributed by atoms with Crippen LogP contribution in [0, 0.1) is 0 Å². The second kappa shape index (κ2) is 6.50. The standard InChI is InChI=1S/C18H21ClO2/c1-4-18(2,3)14-6-8-15(9-7-14)21-17-10-5-13(12-20)11-16(17)19/h5-11,20H,4,12H2,1-3H3. The SMILES string of the molecule is CCC(C)(C)c1ccc(Oc2ccc(CO)cc2Cl)cc1. The first-order valence-electron chi connectivity index (χ1n) is 7.14. The van der Waals surface area contributed by atoms with Crippen molar-refractivity contribution in [2.75, 3.05) is 0 Å². The quantitative estimate of drug-likeness (QED) is 0.811. The van der Waals surface area contributed by atoms with Gasteiger partial charge in [-0.15, -0.1) is 0 Å². The molecule has 2 aromatic rings. The summed E-state index contributed by atoms with van der Waals surface area (Å²) in [4.78, 5) is 0. The Kier molecular flexibility index (Phi) is 4.92. The van der Waals surface area contributed by atoms with Crippen molar-refractivity contribution in [1.82, 2.24) is 0 Å². The molecule has 0 heterocycles. The molecule has 0 saturated heterocycles. The van der Waals surface area contributed by atoms with Gasteiger partial charge in [-0.3, -0.25) is 0 Å². The summed E-state index contributed by atoms with van der Waals surface area (Å²) in [6.45, 7) is 6.62. The number of rotatable bonds is 5. The number of ether oxygens (including phenoxy) is 1. The fourth-order valence-electron chi connectivity index (χ4n) is 2.03. The van der Waals surface area contributed by atoms with Gasteiger partial charge in [-0.1, -0.05) is 50.6 Å². The van der Waals surface area contributed by atoms with E-state index in [9.17, 15) is 0 Å². The van der Waals surface area contributed by atoms with Gasteiger partial charge in [-0.25, -0.2) is 0 Å². The third kappa shape index (κ3) is 3.78. The van der Waals surface area contributed by atoms with Gasteiger partial charge in [0.1, 0.15) is 11.5 Å². The maximum atomic E-state index is 9.07. The molecule has 0 aliphatic carbocycles. The molecule has 0 aliphatic rings. The molecule has 3 heteroatoms. The number of hydrogen-bond acceptors (Lipinski definition) is 2. The van der Waals surface area contributed by atoms with Crippen LogP contribution in [-0.4, -0.2) is 5.11 Å². The van der Waals surface area contributed by atoms with Crippen LogP contribution in [0.2, 0.25) is 5.02 Å². The van der Waals surface area contributed by atoms with Crippen molar-refractivity contribution < 1.29 is 9.84 Å². The zero-order chi connectivity index (χ0) is 15.5. The summed E-state index contributed by atoms with van der Waals surface area (Å²) in [5.74, 6) is 1.35. The highest BCUT2D eigenvalue weighted by Crippen LogP contribution is 2.32. The Hall–Kier alpha value is -1.51. The second-order valence-corrected chi connectivity index (χ2v) is 6.19. The number of hydrogen-bond donors (Lipinski definition) is 1. The van der Waals surface area contributed by atoms with Crippen LogP contribution >= 0.6 is 11.6 Å². The first-order chi connectivity index (χ1) is 9.96. The molecule has 0 radical (unpaired) electrons. The van der Waals surface area contributed by atoms with Gasteiger partial charge in [0.25, 0.3) is 0 Å². The molecule has 2 rings (SSSR count). The fraction of sp³-hybridized carbons (Fsp3) is 0.333. The topological polar surface area (TPSA) is 29.5 Å². The van der Waals surface area contributed by atoms with Crippen LogP contribution in [0.15, 0.2) is 42.5 Å². The van der Waals surface area contributed by atoms with Crippen LogP contribution < -0.4 is 4.74 Å². The zero-order valence-corrected chi connectivity index (χ0v) is 13.4. The Morgan fingerprint density at radius 1 is 1.10 bits per heavy atom. The van der Waals surface area contributed by atoms with Gasteiger partial charge in [0.15, 0.2) is 0 Å². The molecular formula is C18H21ClO2. The summed E-state index contributed by atoms with van der Waals surface area (Å²) < 4.78 is 5.80. The van der Waals surface area contributed by atoms with Crippen LogP contribution in [-0.2, 0) is 12.0 Å². The van der Waals surface area contributed by atoms with Crippen LogP contribution in [0.5, 0.6) is 11.5 Å². The molecule has 0 unspecified atom stereocenters. The molecule has 0 saturated carbocycles. The molecule has 0 fully saturated rings. The van der Waals surface area contributed by atoms with Crippen molar-refractivity contribution in [3.63, 3.8) is 0 Å². The summed E-state index contributed by atoms with van der Waals surface area (Å²) in [6.07, 6.45) is 1.08. The normalized spacial score (nSPS) is 11.5. The van der Waals surface area contributed by atoms with Crippen LogP contribution in [0.1, 0.15) is 38.3 Å². The summed E-state index contributed by atoms with van der Waals surface area (Å²) in [5, 5.41) is 9.57. The average molecular weight is 305 g/mol. The molecule has 1 N–H and O–H groups in total. The lowest BCUT2D eigenvalue weighted by Crippen LogP contribution is -2.14. The lowest BCUT2D eigenvalue weighted by atomic mass is 9.82. The number of benzene rings is 2. The maximum Gasteiger partial charge on any atom is 0.146 e. The molecule has 0 spiro atoms. The minimum atomic E-state index is -0.0270. The fourth-order valence-corrected chi connectivity index (χ4v) is 2.27. The molecule has 0 aromatic heterocycles.